The second kappa shape index (κ2) is 10.5. The van der Waals surface area contributed by atoms with Gasteiger partial charge < -0.3 is 24.8 Å². The summed E-state index contributed by atoms with van der Waals surface area (Å²) in [7, 11) is 3.52. The van der Waals surface area contributed by atoms with Crippen molar-refractivity contribution in [3.05, 3.63) is 35.4 Å². The molecule has 0 aromatic heterocycles. The molecule has 3 rings (SSSR count). The van der Waals surface area contributed by atoms with Gasteiger partial charge in [-0.25, -0.2) is 4.79 Å². The average molecular weight is 543 g/mol. The van der Waals surface area contributed by atoms with Gasteiger partial charge in [0.25, 0.3) is 5.91 Å². The van der Waals surface area contributed by atoms with E-state index in [-0.39, 0.29) is 42.0 Å². The number of benzene rings is 1. The Morgan fingerprint density at radius 2 is 2.00 bits per heavy atom. The van der Waals surface area contributed by atoms with E-state index in [4.69, 9.17) is 4.74 Å². The van der Waals surface area contributed by atoms with E-state index in [0.717, 1.165) is 31.0 Å². The van der Waals surface area contributed by atoms with Crippen molar-refractivity contribution >= 4 is 41.9 Å². The number of carbonyl (C=O) groups excluding carboxylic acids is 2. The Hall–Kier alpha value is -2.04. The van der Waals surface area contributed by atoms with Crippen LogP contribution in [0.4, 0.5) is 4.79 Å². The second-order valence-corrected chi connectivity index (χ2v) is 9.01. The Morgan fingerprint density at radius 3 is 2.68 bits per heavy atom. The molecule has 2 amide bonds. The van der Waals surface area contributed by atoms with Gasteiger partial charge in [0, 0.05) is 45.8 Å². The topological polar surface area (TPSA) is 77.5 Å². The highest BCUT2D eigenvalue weighted by Gasteiger charge is 2.36. The Labute approximate surface area is 202 Å². The number of nitrogens with zero attached hydrogens (tertiary/aromatic N) is 4. The SMILES string of the molecule is CN(C)C(=O)c1cccc(CCNC2=NCC3CN(C(=O)OC(C)(C)C)CCN23)c1.I. The summed E-state index contributed by atoms with van der Waals surface area (Å²) in [5.41, 5.74) is 1.33. The summed E-state index contributed by atoms with van der Waals surface area (Å²) in [6, 6.07) is 7.94. The smallest absolute Gasteiger partial charge is 0.410 e. The summed E-state index contributed by atoms with van der Waals surface area (Å²) >= 11 is 0. The first-order valence-corrected chi connectivity index (χ1v) is 10.5. The van der Waals surface area contributed by atoms with E-state index in [1.54, 1.807) is 23.9 Å². The number of nitrogens with one attached hydrogen (secondary N) is 1. The molecule has 1 aromatic carbocycles. The summed E-state index contributed by atoms with van der Waals surface area (Å²) in [5, 5.41) is 3.43. The van der Waals surface area contributed by atoms with Gasteiger partial charge in [0.2, 0.25) is 0 Å². The lowest BCUT2D eigenvalue weighted by atomic mass is 10.1. The maximum absolute atomic E-state index is 12.3. The lowest BCUT2D eigenvalue weighted by Crippen LogP contribution is -2.57. The minimum atomic E-state index is -0.485. The van der Waals surface area contributed by atoms with Crippen molar-refractivity contribution in [1.29, 1.82) is 0 Å². The monoisotopic (exact) mass is 543 g/mol. The van der Waals surface area contributed by atoms with E-state index in [0.29, 0.717) is 25.2 Å². The van der Waals surface area contributed by atoms with Gasteiger partial charge in [-0.05, 0) is 44.9 Å². The van der Waals surface area contributed by atoms with Crippen LogP contribution in [0.1, 0.15) is 36.7 Å². The first-order chi connectivity index (χ1) is 14.1. The van der Waals surface area contributed by atoms with Crippen molar-refractivity contribution in [3.63, 3.8) is 0 Å². The fourth-order valence-corrected chi connectivity index (χ4v) is 3.66. The predicted molar refractivity (Wildman–Crippen MR) is 132 cm³/mol. The molecule has 1 fully saturated rings. The van der Waals surface area contributed by atoms with Crippen molar-refractivity contribution in [2.24, 2.45) is 4.99 Å². The molecule has 8 nitrogen and oxygen atoms in total. The molecule has 1 N–H and O–H groups in total. The normalized spacial score (nSPS) is 18.0. The predicted octanol–water partition coefficient (Wildman–Crippen LogP) is 2.43. The van der Waals surface area contributed by atoms with Gasteiger partial charge in [0.05, 0.1) is 12.6 Å². The fraction of sp³-hybridized carbons (Fsp3) is 0.591. The number of rotatable bonds is 4. The van der Waals surface area contributed by atoms with Crippen molar-refractivity contribution in [3.8, 4) is 0 Å². The number of fused-ring (bicyclic) bond motifs is 1. The highest BCUT2D eigenvalue weighted by Crippen LogP contribution is 2.18. The quantitative estimate of drug-likeness (QED) is 0.591. The summed E-state index contributed by atoms with van der Waals surface area (Å²) < 4.78 is 5.50. The molecule has 172 valence electrons. The van der Waals surface area contributed by atoms with E-state index in [1.165, 1.54) is 0 Å². The van der Waals surface area contributed by atoms with Crippen LogP contribution >= 0.6 is 24.0 Å². The molecular weight excluding hydrogens is 509 g/mol. The van der Waals surface area contributed by atoms with Gasteiger partial charge in [-0.1, -0.05) is 12.1 Å². The van der Waals surface area contributed by atoms with Crippen molar-refractivity contribution in [2.45, 2.75) is 38.8 Å². The number of aliphatic imine (C=N–C) groups is 1. The van der Waals surface area contributed by atoms with Gasteiger partial charge in [-0.15, -0.1) is 24.0 Å². The van der Waals surface area contributed by atoms with Crippen LogP contribution in [-0.4, -0.2) is 91.1 Å². The number of hydrogen-bond donors (Lipinski definition) is 1. The Morgan fingerprint density at radius 1 is 1.26 bits per heavy atom. The molecule has 0 saturated carbocycles. The van der Waals surface area contributed by atoms with Gasteiger partial charge in [-0.3, -0.25) is 9.79 Å². The minimum Gasteiger partial charge on any atom is -0.444 e. The van der Waals surface area contributed by atoms with Crippen LogP contribution in [-0.2, 0) is 11.2 Å². The van der Waals surface area contributed by atoms with Crippen LogP contribution in [0.5, 0.6) is 0 Å². The zero-order valence-electron chi connectivity index (χ0n) is 19.1. The zero-order chi connectivity index (χ0) is 21.9. The number of piperazine rings is 1. The largest absolute Gasteiger partial charge is 0.444 e. The Bertz CT molecular complexity index is 822. The van der Waals surface area contributed by atoms with Crippen LogP contribution in [0.3, 0.4) is 0 Å². The van der Waals surface area contributed by atoms with E-state index >= 15 is 0 Å². The average Bonchev–Trinajstić information content (AvgIpc) is 3.08. The van der Waals surface area contributed by atoms with Crippen molar-refractivity contribution < 1.29 is 14.3 Å². The summed E-state index contributed by atoms with van der Waals surface area (Å²) in [6.45, 7) is 9.05. The maximum Gasteiger partial charge on any atom is 0.410 e. The molecule has 0 bridgehead atoms. The minimum absolute atomic E-state index is 0. The first kappa shape index (κ1) is 25.2. The molecule has 0 radical (unpaired) electrons. The van der Waals surface area contributed by atoms with E-state index in [1.807, 2.05) is 45.0 Å². The number of carbonyl (C=O) groups is 2. The molecular formula is C22H34IN5O3. The Balaban J connectivity index is 0.00000341. The molecule has 0 aliphatic carbocycles. The maximum atomic E-state index is 12.3. The van der Waals surface area contributed by atoms with Gasteiger partial charge in [0.1, 0.15) is 5.60 Å². The van der Waals surface area contributed by atoms with Crippen molar-refractivity contribution in [2.75, 3.05) is 46.8 Å². The highest BCUT2D eigenvalue weighted by atomic mass is 127. The van der Waals surface area contributed by atoms with E-state index < -0.39 is 5.60 Å². The van der Waals surface area contributed by atoms with Crippen LogP contribution in [0, 0.1) is 0 Å². The van der Waals surface area contributed by atoms with Crippen LogP contribution in [0.15, 0.2) is 29.3 Å². The van der Waals surface area contributed by atoms with E-state index in [9.17, 15) is 9.59 Å². The van der Waals surface area contributed by atoms with Crippen LogP contribution < -0.4 is 5.32 Å². The number of amides is 2. The molecule has 2 aliphatic rings. The number of hydrogen-bond acceptors (Lipinski definition) is 6. The molecule has 0 spiro atoms. The number of ether oxygens (including phenoxy) is 1. The fourth-order valence-electron chi connectivity index (χ4n) is 3.66. The highest BCUT2D eigenvalue weighted by molar-refractivity contribution is 14.0. The molecule has 1 saturated heterocycles. The molecule has 1 unspecified atom stereocenters. The Kier molecular flexibility index (Phi) is 8.56. The van der Waals surface area contributed by atoms with Gasteiger partial charge in [-0.2, -0.15) is 0 Å². The standard InChI is InChI=1S/C22H33N5O3.HI/c1-22(2,3)30-21(29)26-11-12-27-18(15-26)14-24-20(27)23-10-9-16-7-6-8-17(13-16)19(28)25(4)5;/h6-8,13,18H,9-12,14-15H2,1-5H3,(H,23,24);1H. The number of guanidine groups is 1. The van der Waals surface area contributed by atoms with Crippen LogP contribution in [0.25, 0.3) is 0 Å². The second-order valence-electron chi connectivity index (χ2n) is 9.01. The molecule has 31 heavy (non-hydrogen) atoms. The molecule has 2 aliphatic heterocycles. The van der Waals surface area contributed by atoms with Crippen molar-refractivity contribution in [1.82, 2.24) is 20.0 Å². The van der Waals surface area contributed by atoms with Gasteiger partial charge >= 0.3 is 6.09 Å². The summed E-state index contributed by atoms with van der Waals surface area (Å²) in [4.78, 5) is 34.7. The summed E-state index contributed by atoms with van der Waals surface area (Å²) in [5.74, 6) is 0.903. The van der Waals surface area contributed by atoms with Gasteiger partial charge in [0.15, 0.2) is 5.96 Å². The molecule has 9 heteroatoms. The number of halogens is 1. The van der Waals surface area contributed by atoms with E-state index in [2.05, 4.69) is 15.2 Å². The summed E-state index contributed by atoms with van der Waals surface area (Å²) in [6.07, 6.45) is 0.548. The third-order valence-corrected chi connectivity index (χ3v) is 5.14. The third-order valence-electron chi connectivity index (χ3n) is 5.14. The molecule has 1 aromatic rings. The lowest BCUT2D eigenvalue weighted by Gasteiger charge is -2.39. The molecule has 2 heterocycles. The van der Waals surface area contributed by atoms with Crippen LogP contribution in [0.2, 0.25) is 0 Å². The zero-order valence-corrected chi connectivity index (χ0v) is 21.4. The molecule has 1 atom stereocenters. The first-order valence-electron chi connectivity index (χ1n) is 10.5. The third kappa shape index (κ3) is 6.72. The lowest BCUT2D eigenvalue weighted by molar-refractivity contribution is 0.0137.